The van der Waals surface area contributed by atoms with Gasteiger partial charge in [0.05, 0.1) is 0 Å². The fourth-order valence-electron chi connectivity index (χ4n) is 2.07. The van der Waals surface area contributed by atoms with Gasteiger partial charge < -0.3 is 0 Å². The van der Waals surface area contributed by atoms with E-state index in [9.17, 15) is 13.6 Å². The number of carbonyl (C=O) groups is 1. The lowest BCUT2D eigenvalue weighted by molar-refractivity contribution is -0.122. The van der Waals surface area contributed by atoms with Gasteiger partial charge in [0.15, 0.2) is 0 Å². The lowest BCUT2D eigenvalue weighted by Crippen LogP contribution is -2.30. The molecule has 0 aliphatic heterocycles. The summed E-state index contributed by atoms with van der Waals surface area (Å²) in [6.07, 6.45) is -0.0476. The summed E-state index contributed by atoms with van der Waals surface area (Å²) in [6, 6.07) is 12.6. The first-order chi connectivity index (χ1) is 9.41. The highest BCUT2D eigenvalue weighted by molar-refractivity contribution is 5.91. The molecule has 0 fully saturated rings. The SMILES string of the molecule is CC(C)(C(=O)Cc1ccc(F)cc1F)c1ccccc1. The predicted octanol–water partition coefficient (Wildman–Crippen LogP) is 4.05. The molecule has 20 heavy (non-hydrogen) atoms. The van der Waals surface area contributed by atoms with Gasteiger partial charge in [-0.25, -0.2) is 8.78 Å². The normalized spacial score (nSPS) is 11.4. The molecule has 0 heterocycles. The summed E-state index contributed by atoms with van der Waals surface area (Å²) in [5.41, 5.74) is 0.398. The Labute approximate surface area is 117 Å². The van der Waals surface area contributed by atoms with Crippen LogP contribution in [0.2, 0.25) is 0 Å². The quantitative estimate of drug-likeness (QED) is 0.822. The second kappa shape index (κ2) is 5.53. The average Bonchev–Trinajstić information content (AvgIpc) is 2.42. The topological polar surface area (TPSA) is 17.1 Å². The van der Waals surface area contributed by atoms with Crippen molar-refractivity contribution in [2.75, 3.05) is 0 Å². The second-order valence-corrected chi connectivity index (χ2v) is 5.33. The van der Waals surface area contributed by atoms with Crippen LogP contribution >= 0.6 is 0 Å². The number of ketones is 1. The maximum Gasteiger partial charge on any atom is 0.147 e. The van der Waals surface area contributed by atoms with Crippen molar-refractivity contribution in [3.8, 4) is 0 Å². The summed E-state index contributed by atoms with van der Waals surface area (Å²) in [6.45, 7) is 3.62. The first-order valence-electron chi connectivity index (χ1n) is 6.44. The monoisotopic (exact) mass is 274 g/mol. The number of hydrogen-bond donors (Lipinski definition) is 0. The van der Waals surface area contributed by atoms with Gasteiger partial charge in [0.25, 0.3) is 0 Å². The molecule has 0 saturated heterocycles. The molecule has 0 N–H and O–H groups in total. The summed E-state index contributed by atoms with van der Waals surface area (Å²) in [5, 5.41) is 0. The van der Waals surface area contributed by atoms with Crippen LogP contribution < -0.4 is 0 Å². The zero-order chi connectivity index (χ0) is 14.8. The number of benzene rings is 2. The number of carbonyl (C=O) groups excluding carboxylic acids is 1. The van der Waals surface area contributed by atoms with E-state index in [2.05, 4.69) is 0 Å². The van der Waals surface area contributed by atoms with E-state index in [-0.39, 0.29) is 17.8 Å². The van der Waals surface area contributed by atoms with Crippen molar-refractivity contribution < 1.29 is 13.6 Å². The van der Waals surface area contributed by atoms with Crippen LogP contribution in [-0.2, 0) is 16.6 Å². The van der Waals surface area contributed by atoms with E-state index in [1.165, 1.54) is 12.1 Å². The van der Waals surface area contributed by atoms with E-state index in [1.54, 1.807) is 0 Å². The lowest BCUT2D eigenvalue weighted by atomic mass is 9.78. The third-order valence-corrected chi connectivity index (χ3v) is 3.56. The Bertz CT molecular complexity index is 618. The minimum absolute atomic E-state index is 0.0476. The van der Waals surface area contributed by atoms with Gasteiger partial charge in [-0.15, -0.1) is 0 Å². The molecule has 0 spiro atoms. The molecule has 104 valence electrons. The Hall–Kier alpha value is -2.03. The van der Waals surface area contributed by atoms with Crippen molar-refractivity contribution in [1.29, 1.82) is 0 Å². The van der Waals surface area contributed by atoms with E-state index < -0.39 is 17.0 Å². The third kappa shape index (κ3) is 2.93. The Kier molecular flexibility index (Phi) is 3.98. The van der Waals surface area contributed by atoms with Crippen LogP contribution in [0.1, 0.15) is 25.0 Å². The zero-order valence-electron chi connectivity index (χ0n) is 11.5. The molecule has 2 aromatic carbocycles. The van der Waals surface area contributed by atoms with Crippen LogP contribution in [0, 0.1) is 11.6 Å². The standard InChI is InChI=1S/C17H16F2O/c1-17(2,13-6-4-3-5-7-13)16(20)10-12-8-9-14(18)11-15(12)19/h3-9,11H,10H2,1-2H3. The summed E-state index contributed by atoms with van der Waals surface area (Å²) < 4.78 is 26.5. The Morgan fingerprint density at radius 1 is 1.05 bits per heavy atom. The minimum Gasteiger partial charge on any atom is -0.298 e. The summed E-state index contributed by atoms with van der Waals surface area (Å²) in [7, 11) is 0. The largest absolute Gasteiger partial charge is 0.298 e. The summed E-state index contributed by atoms with van der Waals surface area (Å²) in [5.74, 6) is -1.42. The molecule has 2 rings (SSSR count). The van der Waals surface area contributed by atoms with E-state index in [0.717, 1.165) is 11.6 Å². The van der Waals surface area contributed by atoms with E-state index in [0.29, 0.717) is 0 Å². The highest BCUT2D eigenvalue weighted by Gasteiger charge is 2.29. The molecular formula is C17H16F2O. The third-order valence-electron chi connectivity index (χ3n) is 3.56. The summed E-state index contributed by atoms with van der Waals surface area (Å²) >= 11 is 0. The van der Waals surface area contributed by atoms with Gasteiger partial charge in [-0.05, 0) is 31.0 Å². The highest BCUT2D eigenvalue weighted by atomic mass is 19.1. The zero-order valence-corrected chi connectivity index (χ0v) is 11.5. The number of hydrogen-bond acceptors (Lipinski definition) is 1. The molecule has 0 unspecified atom stereocenters. The van der Waals surface area contributed by atoms with Crippen molar-refractivity contribution in [2.24, 2.45) is 0 Å². The number of Topliss-reactive ketones (excluding diaryl/α,β-unsaturated/α-hetero) is 1. The molecule has 0 aliphatic rings. The van der Waals surface area contributed by atoms with Crippen LogP contribution in [-0.4, -0.2) is 5.78 Å². The molecule has 2 aromatic rings. The van der Waals surface area contributed by atoms with Crippen molar-refractivity contribution in [3.63, 3.8) is 0 Å². The fraction of sp³-hybridized carbons (Fsp3) is 0.235. The Balaban J connectivity index is 2.23. The van der Waals surface area contributed by atoms with Crippen molar-refractivity contribution >= 4 is 5.78 Å². The molecular weight excluding hydrogens is 258 g/mol. The van der Waals surface area contributed by atoms with E-state index in [4.69, 9.17) is 0 Å². The van der Waals surface area contributed by atoms with E-state index in [1.807, 2.05) is 44.2 Å². The minimum atomic E-state index is -0.706. The Morgan fingerprint density at radius 2 is 1.70 bits per heavy atom. The van der Waals surface area contributed by atoms with Crippen LogP contribution in [0.4, 0.5) is 8.78 Å². The van der Waals surface area contributed by atoms with Gasteiger partial charge in [0, 0.05) is 17.9 Å². The molecule has 0 saturated carbocycles. The Morgan fingerprint density at radius 3 is 2.30 bits per heavy atom. The van der Waals surface area contributed by atoms with Gasteiger partial charge in [0.1, 0.15) is 17.4 Å². The highest BCUT2D eigenvalue weighted by Crippen LogP contribution is 2.26. The first kappa shape index (κ1) is 14.4. The van der Waals surface area contributed by atoms with Gasteiger partial charge in [-0.1, -0.05) is 36.4 Å². The predicted molar refractivity (Wildman–Crippen MR) is 74.5 cm³/mol. The lowest BCUT2D eigenvalue weighted by Gasteiger charge is -2.23. The van der Waals surface area contributed by atoms with Gasteiger partial charge in [-0.3, -0.25) is 4.79 Å². The molecule has 0 atom stereocenters. The smallest absolute Gasteiger partial charge is 0.147 e. The average molecular weight is 274 g/mol. The maximum atomic E-state index is 13.6. The van der Waals surface area contributed by atoms with Crippen LogP contribution in [0.5, 0.6) is 0 Å². The maximum absolute atomic E-state index is 13.6. The first-order valence-corrected chi connectivity index (χ1v) is 6.44. The van der Waals surface area contributed by atoms with Crippen molar-refractivity contribution in [3.05, 3.63) is 71.3 Å². The molecule has 0 radical (unpaired) electrons. The molecule has 1 nitrogen and oxygen atoms in total. The summed E-state index contributed by atoms with van der Waals surface area (Å²) in [4.78, 5) is 12.4. The van der Waals surface area contributed by atoms with Crippen LogP contribution in [0.3, 0.4) is 0 Å². The number of halogens is 2. The second-order valence-electron chi connectivity index (χ2n) is 5.33. The van der Waals surface area contributed by atoms with Gasteiger partial charge in [-0.2, -0.15) is 0 Å². The molecule has 0 aliphatic carbocycles. The molecule has 0 aromatic heterocycles. The molecule has 0 bridgehead atoms. The van der Waals surface area contributed by atoms with Crippen LogP contribution in [0.25, 0.3) is 0 Å². The van der Waals surface area contributed by atoms with E-state index >= 15 is 0 Å². The number of rotatable bonds is 4. The van der Waals surface area contributed by atoms with Gasteiger partial charge >= 0.3 is 0 Å². The van der Waals surface area contributed by atoms with Gasteiger partial charge in [0.2, 0.25) is 0 Å². The molecule has 3 heteroatoms. The molecule has 0 amide bonds. The van der Waals surface area contributed by atoms with Crippen molar-refractivity contribution in [2.45, 2.75) is 25.7 Å². The fourth-order valence-corrected chi connectivity index (χ4v) is 2.07. The van der Waals surface area contributed by atoms with Crippen molar-refractivity contribution in [1.82, 2.24) is 0 Å². The van der Waals surface area contributed by atoms with Crippen LogP contribution in [0.15, 0.2) is 48.5 Å².